The highest BCUT2D eigenvalue weighted by Crippen LogP contribution is 2.28. The van der Waals surface area contributed by atoms with Gasteiger partial charge in [-0.1, -0.05) is 37.8 Å². The van der Waals surface area contributed by atoms with Crippen molar-refractivity contribution in [2.45, 2.75) is 13.3 Å². The molecule has 1 aromatic rings. The first-order chi connectivity index (χ1) is 9.56. The molecule has 4 nitrogen and oxygen atoms in total. The molecule has 1 heterocycles. The maximum absolute atomic E-state index is 11.9. The van der Waals surface area contributed by atoms with Gasteiger partial charge in [0.2, 0.25) is 0 Å². The van der Waals surface area contributed by atoms with E-state index in [9.17, 15) is 9.59 Å². The topological polar surface area (TPSA) is 55.4 Å². The van der Waals surface area contributed by atoms with Crippen LogP contribution in [-0.2, 0) is 20.7 Å². The standard InChI is InChI=1S/C16H17NO3/c1-4-11-5-7-12(8-6-11)9-13-14(16(19)20-3)10(2)17-15(13)18/h5-9,14H,2,4H2,1,3H3,(H,17,18). The molecule has 1 atom stereocenters. The SMILES string of the molecule is C=C1NC(=O)C(=Cc2ccc(CC)cc2)C1C(=O)OC. The second kappa shape index (κ2) is 5.74. The number of carbonyl (C=O) groups excluding carboxylic acids is 2. The maximum atomic E-state index is 11.9. The van der Waals surface area contributed by atoms with Crippen molar-refractivity contribution >= 4 is 18.0 Å². The van der Waals surface area contributed by atoms with E-state index in [0.717, 1.165) is 12.0 Å². The number of rotatable bonds is 3. The highest BCUT2D eigenvalue weighted by molar-refractivity contribution is 6.08. The quantitative estimate of drug-likeness (QED) is 0.676. The van der Waals surface area contributed by atoms with Crippen LogP contribution in [0.2, 0.25) is 0 Å². The highest BCUT2D eigenvalue weighted by Gasteiger charge is 2.37. The minimum atomic E-state index is -0.738. The molecule has 1 fully saturated rings. The van der Waals surface area contributed by atoms with Crippen LogP contribution in [0.5, 0.6) is 0 Å². The second-order valence-corrected chi connectivity index (χ2v) is 4.63. The lowest BCUT2D eigenvalue weighted by Gasteiger charge is -2.08. The summed E-state index contributed by atoms with van der Waals surface area (Å²) in [6, 6.07) is 7.85. The number of esters is 1. The van der Waals surface area contributed by atoms with E-state index in [-0.39, 0.29) is 5.91 Å². The summed E-state index contributed by atoms with van der Waals surface area (Å²) in [4.78, 5) is 23.6. The summed E-state index contributed by atoms with van der Waals surface area (Å²) < 4.78 is 4.72. The van der Waals surface area contributed by atoms with Crippen molar-refractivity contribution in [3.8, 4) is 0 Å². The fourth-order valence-electron chi connectivity index (χ4n) is 2.17. The van der Waals surface area contributed by atoms with Gasteiger partial charge in [0.25, 0.3) is 5.91 Å². The van der Waals surface area contributed by atoms with Gasteiger partial charge in [-0.25, -0.2) is 0 Å². The van der Waals surface area contributed by atoms with Crippen LogP contribution >= 0.6 is 0 Å². The van der Waals surface area contributed by atoms with Gasteiger partial charge in [0.1, 0.15) is 5.92 Å². The largest absolute Gasteiger partial charge is 0.468 e. The van der Waals surface area contributed by atoms with E-state index in [1.54, 1.807) is 6.08 Å². The maximum Gasteiger partial charge on any atom is 0.319 e. The second-order valence-electron chi connectivity index (χ2n) is 4.63. The van der Waals surface area contributed by atoms with Crippen molar-refractivity contribution in [2.75, 3.05) is 7.11 Å². The van der Waals surface area contributed by atoms with Gasteiger partial charge in [-0.15, -0.1) is 0 Å². The predicted molar refractivity (Wildman–Crippen MR) is 76.6 cm³/mol. The van der Waals surface area contributed by atoms with E-state index in [4.69, 9.17) is 4.74 Å². The smallest absolute Gasteiger partial charge is 0.319 e. The Kier molecular flexibility index (Phi) is 4.03. The zero-order valence-electron chi connectivity index (χ0n) is 11.6. The third-order valence-electron chi connectivity index (χ3n) is 3.34. The summed E-state index contributed by atoms with van der Waals surface area (Å²) in [5.41, 5.74) is 2.82. The Morgan fingerprint density at radius 3 is 2.60 bits per heavy atom. The third-order valence-corrected chi connectivity index (χ3v) is 3.34. The number of methoxy groups -OCH3 is 1. The van der Waals surface area contributed by atoms with Crippen LogP contribution in [0.15, 0.2) is 42.1 Å². The molecular weight excluding hydrogens is 254 g/mol. The van der Waals surface area contributed by atoms with Crippen LogP contribution in [0.25, 0.3) is 6.08 Å². The molecule has 1 aliphatic rings. The van der Waals surface area contributed by atoms with Crippen molar-refractivity contribution in [1.29, 1.82) is 0 Å². The summed E-state index contributed by atoms with van der Waals surface area (Å²) in [6.07, 6.45) is 2.66. The van der Waals surface area contributed by atoms with Gasteiger partial charge in [0.05, 0.1) is 7.11 Å². The Hall–Kier alpha value is -2.36. The molecular formula is C16H17NO3. The number of hydrogen-bond acceptors (Lipinski definition) is 3. The number of aryl methyl sites for hydroxylation is 1. The molecule has 1 amide bonds. The Morgan fingerprint density at radius 2 is 2.05 bits per heavy atom. The minimum Gasteiger partial charge on any atom is -0.468 e. The van der Waals surface area contributed by atoms with Crippen LogP contribution in [0.3, 0.4) is 0 Å². The van der Waals surface area contributed by atoms with E-state index in [1.165, 1.54) is 12.7 Å². The Morgan fingerprint density at radius 1 is 1.40 bits per heavy atom. The van der Waals surface area contributed by atoms with Crippen molar-refractivity contribution < 1.29 is 14.3 Å². The zero-order chi connectivity index (χ0) is 14.7. The summed E-state index contributed by atoms with van der Waals surface area (Å²) >= 11 is 0. The van der Waals surface area contributed by atoms with Gasteiger partial charge in [-0.2, -0.15) is 0 Å². The predicted octanol–water partition coefficient (Wildman–Crippen LogP) is 2.07. The fraction of sp³-hybridized carbons (Fsp3) is 0.250. The number of benzene rings is 1. The van der Waals surface area contributed by atoms with E-state index in [2.05, 4.69) is 18.8 Å². The van der Waals surface area contributed by atoms with Crippen LogP contribution in [0.1, 0.15) is 18.1 Å². The monoisotopic (exact) mass is 271 g/mol. The van der Waals surface area contributed by atoms with Crippen LogP contribution in [0.4, 0.5) is 0 Å². The molecule has 1 saturated heterocycles. The van der Waals surface area contributed by atoms with Crippen molar-refractivity contribution in [2.24, 2.45) is 5.92 Å². The van der Waals surface area contributed by atoms with Crippen LogP contribution < -0.4 is 5.32 Å². The molecule has 0 aliphatic carbocycles. The normalized spacial score (nSPS) is 20.1. The minimum absolute atomic E-state index is 0.301. The molecule has 104 valence electrons. The fourth-order valence-corrected chi connectivity index (χ4v) is 2.17. The zero-order valence-corrected chi connectivity index (χ0v) is 11.6. The molecule has 1 aliphatic heterocycles. The van der Waals surface area contributed by atoms with Gasteiger partial charge >= 0.3 is 5.97 Å². The molecule has 0 radical (unpaired) electrons. The first kappa shape index (κ1) is 14.1. The molecule has 4 heteroatoms. The van der Waals surface area contributed by atoms with Crippen molar-refractivity contribution in [1.82, 2.24) is 5.32 Å². The lowest BCUT2D eigenvalue weighted by atomic mass is 9.97. The Labute approximate surface area is 118 Å². The third kappa shape index (κ3) is 2.64. The molecule has 1 N–H and O–H groups in total. The Balaban J connectivity index is 2.36. The molecule has 0 saturated carbocycles. The Bertz CT molecular complexity index is 584. The molecule has 0 bridgehead atoms. The number of carbonyl (C=O) groups is 2. The number of hydrogen-bond donors (Lipinski definition) is 1. The van der Waals surface area contributed by atoms with Gasteiger partial charge in [0.15, 0.2) is 0 Å². The average Bonchev–Trinajstić information content (AvgIpc) is 2.73. The van der Waals surface area contributed by atoms with Gasteiger partial charge in [-0.3, -0.25) is 9.59 Å². The van der Waals surface area contributed by atoms with E-state index in [0.29, 0.717) is 11.3 Å². The van der Waals surface area contributed by atoms with Crippen LogP contribution in [-0.4, -0.2) is 19.0 Å². The van der Waals surface area contributed by atoms with Crippen molar-refractivity contribution in [3.05, 3.63) is 53.2 Å². The number of amides is 1. The van der Waals surface area contributed by atoms with Gasteiger partial charge in [-0.05, 0) is 23.6 Å². The molecule has 1 aromatic carbocycles. The summed E-state index contributed by atoms with van der Waals surface area (Å²) in [5, 5.41) is 2.57. The lowest BCUT2D eigenvalue weighted by Crippen LogP contribution is -2.17. The molecule has 2 rings (SSSR count). The van der Waals surface area contributed by atoms with E-state index >= 15 is 0 Å². The molecule has 0 spiro atoms. The first-order valence-electron chi connectivity index (χ1n) is 6.45. The van der Waals surface area contributed by atoms with Gasteiger partial charge in [0, 0.05) is 11.3 Å². The van der Waals surface area contributed by atoms with Crippen LogP contribution in [0, 0.1) is 5.92 Å². The molecule has 20 heavy (non-hydrogen) atoms. The molecule has 0 aromatic heterocycles. The van der Waals surface area contributed by atoms with Crippen molar-refractivity contribution in [3.63, 3.8) is 0 Å². The van der Waals surface area contributed by atoms with E-state index in [1.807, 2.05) is 24.3 Å². The average molecular weight is 271 g/mol. The summed E-state index contributed by atoms with van der Waals surface area (Å²) in [7, 11) is 1.30. The number of ether oxygens (including phenoxy) is 1. The summed E-state index contributed by atoms with van der Waals surface area (Å²) in [6.45, 7) is 5.78. The number of nitrogens with one attached hydrogen (secondary N) is 1. The highest BCUT2D eigenvalue weighted by atomic mass is 16.5. The lowest BCUT2D eigenvalue weighted by molar-refractivity contribution is -0.142. The summed E-state index contributed by atoms with van der Waals surface area (Å²) in [5.74, 6) is -1.52. The first-order valence-corrected chi connectivity index (χ1v) is 6.45. The molecule has 1 unspecified atom stereocenters. The van der Waals surface area contributed by atoms with E-state index < -0.39 is 11.9 Å². The van der Waals surface area contributed by atoms with Gasteiger partial charge < -0.3 is 10.1 Å².